The van der Waals surface area contributed by atoms with E-state index in [0.29, 0.717) is 5.41 Å². The maximum Gasteiger partial charge on any atom is 0.0777 e. The molecule has 1 aliphatic carbocycles. The van der Waals surface area contributed by atoms with Crippen molar-refractivity contribution in [3.63, 3.8) is 0 Å². The van der Waals surface area contributed by atoms with E-state index in [-0.39, 0.29) is 5.60 Å². The first kappa shape index (κ1) is 17.2. The van der Waals surface area contributed by atoms with Gasteiger partial charge in [0.1, 0.15) is 0 Å². The molecular weight excluding hydrogens is 260 g/mol. The third-order valence-electron chi connectivity index (χ3n) is 5.63. The van der Waals surface area contributed by atoms with Gasteiger partial charge in [0, 0.05) is 26.7 Å². The Bertz CT molecular complexity index is 302. The molecule has 0 radical (unpaired) electrons. The predicted molar refractivity (Wildman–Crippen MR) is 89.8 cm³/mol. The molecule has 0 spiro atoms. The van der Waals surface area contributed by atoms with Crippen LogP contribution < -0.4 is 5.32 Å². The van der Waals surface area contributed by atoms with Gasteiger partial charge >= 0.3 is 0 Å². The number of hydrogen-bond donors (Lipinski definition) is 1. The van der Waals surface area contributed by atoms with Gasteiger partial charge in [0.05, 0.1) is 5.60 Å². The number of piperidine rings is 1. The minimum absolute atomic E-state index is 0.0744. The molecule has 124 valence electrons. The molecule has 1 unspecified atom stereocenters. The Labute approximate surface area is 131 Å². The fraction of sp³-hybridized carbons (Fsp3) is 1.00. The topological polar surface area (TPSA) is 24.5 Å². The predicted octanol–water partition coefficient (Wildman–Crippen LogP) is 3.44. The highest BCUT2D eigenvalue weighted by atomic mass is 16.5. The molecule has 2 fully saturated rings. The van der Waals surface area contributed by atoms with Gasteiger partial charge in [-0.2, -0.15) is 0 Å². The molecule has 21 heavy (non-hydrogen) atoms. The van der Waals surface area contributed by atoms with Gasteiger partial charge in [0.25, 0.3) is 0 Å². The van der Waals surface area contributed by atoms with Crippen LogP contribution in [0.4, 0.5) is 0 Å². The monoisotopic (exact) mass is 296 g/mol. The van der Waals surface area contributed by atoms with Crippen molar-refractivity contribution in [1.82, 2.24) is 10.2 Å². The number of rotatable bonds is 7. The first-order chi connectivity index (χ1) is 10.1. The van der Waals surface area contributed by atoms with E-state index in [9.17, 15) is 0 Å². The molecule has 1 saturated carbocycles. The van der Waals surface area contributed by atoms with Crippen LogP contribution in [0, 0.1) is 5.41 Å². The molecule has 1 aliphatic heterocycles. The fourth-order valence-electron chi connectivity index (χ4n) is 4.31. The zero-order chi connectivity index (χ0) is 15.2. The van der Waals surface area contributed by atoms with E-state index in [4.69, 9.17) is 4.74 Å². The second kappa shape index (κ2) is 7.94. The minimum atomic E-state index is 0.0744. The lowest BCUT2D eigenvalue weighted by molar-refractivity contribution is -0.0619. The summed E-state index contributed by atoms with van der Waals surface area (Å²) in [6, 6.07) is 0. The molecule has 0 aromatic carbocycles. The third-order valence-corrected chi connectivity index (χ3v) is 5.63. The van der Waals surface area contributed by atoms with Crippen LogP contribution in [0.15, 0.2) is 0 Å². The number of nitrogens with zero attached hydrogens (tertiary/aromatic N) is 1. The van der Waals surface area contributed by atoms with Crippen LogP contribution in [0.3, 0.4) is 0 Å². The Morgan fingerprint density at radius 3 is 2.52 bits per heavy atom. The van der Waals surface area contributed by atoms with Gasteiger partial charge in [-0.1, -0.05) is 26.2 Å². The lowest BCUT2D eigenvalue weighted by Gasteiger charge is -2.46. The van der Waals surface area contributed by atoms with Gasteiger partial charge in [-0.15, -0.1) is 0 Å². The van der Waals surface area contributed by atoms with Crippen LogP contribution in [-0.2, 0) is 4.74 Å². The summed E-state index contributed by atoms with van der Waals surface area (Å²) in [5, 5.41) is 3.71. The summed E-state index contributed by atoms with van der Waals surface area (Å²) in [5.41, 5.74) is 0.588. The molecule has 2 rings (SSSR count). The van der Waals surface area contributed by atoms with Crippen molar-refractivity contribution in [2.24, 2.45) is 5.41 Å². The molecular formula is C18H36N2O. The fourth-order valence-corrected chi connectivity index (χ4v) is 4.31. The number of ether oxygens (including phenoxy) is 1. The van der Waals surface area contributed by atoms with E-state index in [1.54, 1.807) is 0 Å². The van der Waals surface area contributed by atoms with Crippen molar-refractivity contribution < 1.29 is 4.74 Å². The molecule has 1 N–H and O–H groups in total. The molecule has 1 heterocycles. The standard InChI is InChI=1S/C18H36N2O/c1-4-12-19-14-18(10-6-5-7-11-18)16-20-13-8-9-17(2,15-20)21-3/h19H,4-16H2,1-3H3. The van der Waals surface area contributed by atoms with Crippen LogP contribution in [-0.4, -0.2) is 50.3 Å². The van der Waals surface area contributed by atoms with E-state index in [2.05, 4.69) is 24.1 Å². The maximum absolute atomic E-state index is 5.77. The highest BCUT2D eigenvalue weighted by Crippen LogP contribution is 2.38. The molecule has 1 atom stereocenters. The summed E-state index contributed by atoms with van der Waals surface area (Å²) in [5.74, 6) is 0. The Hall–Kier alpha value is -0.120. The Kier molecular flexibility index (Phi) is 6.51. The second-order valence-corrected chi connectivity index (χ2v) is 7.71. The van der Waals surface area contributed by atoms with Crippen LogP contribution in [0.5, 0.6) is 0 Å². The van der Waals surface area contributed by atoms with Gasteiger partial charge in [0.2, 0.25) is 0 Å². The SMILES string of the molecule is CCCNCC1(CN2CCCC(C)(OC)C2)CCCCC1. The molecule has 0 aromatic rings. The van der Waals surface area contributed by atoms with Crippen LogP contribution in [0.2, 0.25) is 0 Å². The van der Waals surface area contributed by atoms with E-state index in [1.807, 2.05) is 7.11 Å². The van der Waals surface area contributed by atoms with Crippen LogP contribution in [0.25, 0.3) is 0 Å². The quantitative estimate of drug-likeness (QED) is 0.728. The normalized spacial score (nSPS) is 30.4. The number of likely N-dealkylation sites (tertiary alicyclic amines) is 1. The van der Waals surface area contributed by atoms with Crippen molar-refractivity contribution in [2.45, 2.75) is 70.8 Å². The second-order valence-electron chi connectivity index (χ2n) is 7.71. The van der Waals surface area contributed by atoms with E-state index in [1.165, 1.54) is 71.0 Å². The van der Waals surface area contributed by atoms with Gasteiger partial charge in [-0.05, 0) is 57.5 Å². The largest absolute Gasteiger partial charge is 0.377 e. The summed E-state index contributed by atoms with van der Waals surface area (Å²) in [7, 11) is 1.88. The first-order valence-electron chi connectivity index (χ1n) is 9.10. The van der Waals surface area contributed by atoms with Gasteiger partial charge in [-0.3, -0.25) is 4.90 Å². The average Bonchev–Trinajstić information content (AvgIpc) is 2.48. The molecule has 3 nitrogen and oxygen atoms in total. The van der Waals surface area contributed by atoms with Crippen molar-refractivity contribution in [1.29, 1.82) is 0 Å². The van der Waals surface area contributed by atoms with Gasteiger partial charge < -0.3 is 10.1 Å². The molecule has 1 saturated heterocycles. The molecule has 2 aliphatic rings. The summed E-state index contributed by atoms with van der Waals surface area (Å²) < 4.78 is 5.77. The van der Waals surface area contributed by atoms with E-state index in [0.717, 1.165) is 13.1 Å². The summed E-state index contributed by atoms with van der Waals surface area (Å²) in [6.45, 7) is 10.5. The zero-order valence-corrected chi connectivity index (χ0v) is 14.5. The lowest BCUT2D eigenvalue weighted by Crippen LogP contribution is -2.53. The smallest absolute Gasteiger partial charge is 0.0777 e. The molecule has 0 bridgehead atoms. The Morgan fingerprint density at radius 1 is 1.10 bits per heavy atom. The summed E-state index contributed by atoms with van der Waals surface area (Å²) in [6.07, 6.45) is 10.8. The van der Waals surface area contributed by atoms with Crippen molar-refractivity contribution in [2.75, 3.05) is 39.8 Å². The van der Waals surface area contributed by atoms with E-state index >= 15 is 0 Å². The third kappa shape index (κ3) is 4.94. The zero-order valence-electron chi connectivity index (χ0n) is 14.5. The van der Waals surface area contributed by atoms with Crippen molar-refractivity contribution >= 4 is 0 Å². The first-order valence-corrected chi connectivity index (χ1v) is 9.10. The number of hydrogen-bond acceptors (Lipinski definition) is 3. The summed E-state index contributed by atoms with van der Waals surface area (Å²) in [4.78, 5) is 2.69. The highest BCUT2D eigenvalue weighted by Gasteiger charge is 2.37. The average molecular weight is 296 g/mol. The minimum Gasteiger partial charge on any atom is -0.377 e. The molecule has 3 heteroatoms. The Balaban J connectivity index is 1.94. The van der Waals surface area contributed by atoms with E-state index < -0.39 is 0 Å². The Morgan fingerprint density at radius 2 is 1.86 bits per heavy atom. The lowest BCUT2D eigenvalue weighted by atomic mass is 9.73. The number of nitrogens with one attached hydrogen (secondary N) is 1. The van der Waals surface area contributed by atoms with Crippen molar-refractivity contribution in [3.05, 3.63) is 0 Å². The van der Waals surface area contributed by atoms with Crippen molar-refractivity contribution in [3.8, 4) is 0 Å². The highest BCUT2D eigenvalue weighted by molar-refractivity contribution is 4.92. The molecule has 0 amide bonds. The van der Waals surface area contributed by atoms with Crippen LogP contribution in [0.1, 0.15) is 65.2 Å². The van der Waals surface area contributed by atoms with Gasteiger partial charge in [-0.25, -0.2) is 0 Å². The molecule has 0 aromatic heterocycles. The summed E-state index contributed by atoms with van der Waals surface area (Å²) >= 11 is 0. The maximum atomic E-state index is 5.77. The van der Waals surface area contributed by atoms with Gasteiger partial charge in [0.15, 0.2) is 0 Å². The van der Waals surface area contributed by atoms with Crippen LogP contribution >= 0.6 is 0 Å². The number of methoxy groups -OCH3 is 1.